The van der Waals surface area contributed by atoms with E-state index in [1.54, 1.807) is 51.5 Å². The molecule has 0 unspecified atom stereocenters. The predicted octanol–water partition coefficient (Wildman–Crippen LogP) is 4.89. The second-order valence-corrected chi connectivity index (χ2v) is 8.06. The molecule has 0 saturated carbocycles. The summed E-state index contributed by atoms with van der Waals surface area (Å²) in [6.07, 6.45) is -0.568. The fourth-order valence-corrected chi connectivity index (χ4v) is 3.99. The Morgan fingerprint density at radius 3 is 2.60 bits per heavy atom. The standard InChI is InChI=1S/C27H23N3O5/c1-15-26(31)30-22-13-17(9-11-23(22)35-15)28-27(32)19-14-21(29-20-7-5-4-6-18(19)20)16-8-10-24(33-2)25(12-16)34-3/h4-15H,1-3H3,(H,28,32)(H,30,31)/t15-/m1/s1. The summed E-state index contributed by atoms with van der Waals surface area (Å²) in [5.41, 5.74) is 3.59. The number of nitrogens with zero attached hydrogens (tertiary/aromatic N) is 1. The normalized spacial score (nSPS) is 14.5. The SMILES string of the molecule is COc1ccc(-c2cc(C(=O)Nc3ccc4c(c3)NC(=O)[C@@H](C)O4)c3ccccc3n2)cc1OC. The van der Waals surface area contributed by atoms with E-state index < -0.39 is 6.10 Å². The summed E-state index contributed by atoms with van der Waals surface area (Å²) in [6, 6.07) is 19.8. The highest BCUT2D eigenvalue weighted by atomic mass is 16.5. The molecule has 2 amide bonds. The molecule has 1 aliphatic rings. The maximum Gasteiger partial charge on any atom is 0.265 e. The van der Waals surface area contributed by atoms with Gasteiger partial charge in [0, 0.05) is 16.6 Å². The molecule has 0 aliphatic carbocycles. The van der Waals surface area contributed by atoms with Crippen LogP contribution in [0.15, 0.2) is 66.7 Å². The maximum absolute atomic E-state index is 13.4. The van der Waals surface area contributed by atoms with Gasteiger partial charge < -0.3 is 24.8 Å². The summed E-state index contributed by atoms with van der Waals surface area (Å²) in [6.45, 7) is 1.68. The highest BCUT2D eigenvalue weighted by molar-refractivity contribution is 6.13. The van der Waals surface area contributed by atoms with Crippen LogP contribution in [0.25, 0.3) is 22.2 Å². The van der Waals surface area contributed by atoms with Gasteiger partial charge in [-0.1, -0.05) is 18.2 Å². The largest absolute Gasteiger partial charge is 0.493 e. The molecule has 3 aromatic carbocycles. The molecule has 35 heavy (non-hydrogen) atoms. The smallest absolute Gasteiger partial charge is 0.265 e. The molecule has 1 atom stereocenters. The number of pyridine rings is 1. The minimum absolute atomic E-state index is 0.235. The van der Waals surface area contributed by atoms with Crippen LogP contribution in [0.2, 0.25) is 0 Å². The van der Waals surface area contributed by atoms with E-state index in [4.69, 9.17) is 19.2 Å². The number of rotatable bonds is 5. The summed E-state index contributed by atoms with van der Waals surface area (Å²) in [4.78, 5) is 30.1. The van der Waals surface area contributed by atoms with Crippen LogP contribution in [0.3, 0.4) is 0 Å². The number of anilines is 2. The molecule has 4 aromatic rings. The van der Waals surface area contributed by atoms with Gasteiger partial charge in [0.05, 0.1) is 36.7 Å². The third-order valence-electron chi connectivity index (χ3n) is 5.81. The van der Waals surface area contributed by atoms with Crippen molar-refractivity contribution in [1.82, 2.24) is 4.98 Å². The van der Waals surface area contributed by atoms with Crippen molar-refractivity contribution in [1.29, 1.82) is 0 Å². The van der Waals surface area contributed by atoms with Crippen molar-refractivity contribution in [2.45, 2.75) is 13.0 Å². The number of methoxy groups -OCH3 is 2. The van der Waals surface area contributed by atoms with E-state index in [0.29, 0.717) is 45.4 Å². The lowest BCUT2D eigenvalue weighted by Crippen LogP contribution is -2.34. The Morgan fingerprint density at radius 2 is 1.80 bits per heavy atom. The first-order valence-electron chi connectivity index (χ1n) is 11.0. The Morgan fingerprint density at radius 1 is 1.00 bits per heavy atom. The van der Waals surface area contributed by atoms with Gasteiger partial charge in [-0.25, -0.2) is 4.98 Å². The molecule has 0 spiro atoms. The van der Waals surface area contributed by atoms with E-state index in [1.807, 2.05) is 36.4 Å². The van der Waals surface area contributed by atoms with Crippen LogP contribution >= 0.6 is 0 Å². The monoisotopic (exact) mass is 469 g/mol. The van der Waals surface area contributed by atoms with Crippen molar-refractivity contribution in [2.24, 2.45) is 0 Å². The molecule has 176 valence electrons. The molecule has 0 fully saturated rings. The second kappa shape index (κ2) is 8.98. The fourth-order valence-electron chi connectivity index (χ4n) is 3.99. The number of aromatic nitrogens is 1. The molecule has 0 saturated heterocycles. The van der Waals surface area contributed by atoms with Crippen LogP contribution in [0.4, 0.5) is 11.4 Å². The average molecular weight is 469 g/mol. The molecule has 1 aliphatic heterocycles. The van der Waals surface area contributed by atoms with Gasteiger partial charge in [-0.15, -0.1) is 0 Å². The summed E-state index contributed by atoms with van der Waals surface area (Å²) < 4.78 is 16.4. The highest BCUT2D eigenvalue weighted by Crippen LogP contribution is 2.34. The zero-order chi connectivity index (χ0) is 24.5. The number of carbonyl (C=O) groups excluding carboxylic acids is 2. The zero-order valence-electron chi connectivity index (χ0n) is 19.4. The molecular formula is C27H23N3O5. The van der Waals surface area contributed by atoms with Gasteiger partial charge in [-0.05, 0) is 55.5 Å². The topological polar surface area (TPSA) is 98.8 Å². The van der Waals surface area contributed by atoms with Crippen LogP contribution in [0.5, 0.6) is 17.2 Å². The maximum atomic E-state index is 13.4. The Kier molecular flexibility index (Phi) is 5.70. The highest BCUT2D eigenvalue weighted by Gasteiger charge is 2.24. The zero-order valence-corrected chi connectivity index (χ0v) is 19.4. The second-order valence-electron chi connectivity index (χ2n) is 8.06. The van der Waals surface area contributed by atoms with Gasteiger partial charge >= 0.3 is 0 Å². The van der Waals surface area contributed by atoms with Gasteiger partial charge in [-0.2, -0.15) is 0 Å². The molecule has 1 aromatic heterocycles. The van der Waals surface area contributed by atoms with E-state index in [1.165, 1.54) is 0 Å². The van der Waals surface area contributed by atoms with Crippen molar-refractivity contribution < 1.29 is 23.8 Å². The number of hydrogen-bond donors (Lipinski definition) is 2. The Labute approximate surface area is 201 Å². The molecule has 5 rings (SSSR count). The number of para-hydroxylation sites is 1. The predicted molar refractivity (Wildman–Crippen MR) is 133 cm³/mol. The quantitative estimate of drug-likeness (QED) is 0.432. The van der Waals surface area contributed by atoms with Crippen molar-refractivity contribution in [3.63, 3.8) is 0 Å². The molecule has 2 N–H and O–H groups in total. The van der Waals surface area contributed by atoms with Crippen molar-refractivity contribution >= 4 is 34.1 Å². The molecule has 2 heterocycles. The number of amides is 2. The first-order chi connectivity index (χ1) is 17.0. The van der Waals surface area contributed by atoms with Crippen molar-refractivity contribution in [3.05, 3.63) is 72.3 Å². The van der Waals surface area contributed by atoms with Gasteiger partial charge in [0.1, 0.15) is 5.75 Å². The van der Waals surface area contributed by atoms with E-state index in [-0.39, 0.29) is 11.8 Å². The number of fused-ring (bicyclic) bond motifs is 2. The summed E-state index contributed by atoms with van der Waals surface area (Å²) in [7, 11) is 3.15. The molecular weight excluding hydrogens is 446 g/mol. The van der Waals surface area contributed by atoms with Crippen LogP contribution in [-0.2, 0) is 4.79 Å². The summed E-state index contributed by atoms with van der Waals surface area (Å²) in [5.74, 6) is 1.19. The lowest BCUT2D eigenvalue weighted by atomic mass is 10.0. The van der Waals surface area contributed by atoms with Crippen molar-refractivity contribution in [2.75, 3.05) is 24.9 Å². The molecule has 8 heteroatoms. The van der Waals surface area contributed by atoms with Gasteiger partial charge in [0.2, 0.25) is 0 Å². The molecule has 0 radical (unpaired) electrons. The molecule has 0 bridgehead atoms. The van der Waals surface area contributed by atoms with Gasteiger partial charge in [-0.3, -0.25) is 9.59 Å². The number of carbonyl (C=O) groups is 2. The Bertz CT molecular complexity index is 1470. The van der Waals surface area contributed by atoms with E-state index >= 15 is 0 Å². The number of ether oxygens (including phenoxy) is 3. The minimum Gasteiger partial charge on any atom is -0.493 e. The Balaban J connectivity index is 1.52. The van der Waals surface area contributed by atoms with Crippen LogP contribution < -0.4 is 24.8 Å². The summed E-state index contributed by atoms with van der Waals surface area (Å²) >= 11 is 0. The van der Waals surface area contributed by atoms with Crippen LogP contribution in [-0.4, -0.2) is 37.1 Å². The van der Waals surface area contributed by atoms with E-state index in [0.717, 1.165) is 10.9 Å². The minimum atomic E-state index is -0.568. The number of hydrogen-bond acceptors (Lipinski definition) is 6. The number of nitrogens with one attached hydrogen (secondary N) is 2. The number of benzene rings is 3. The average Bonchev–Trinajstić information content (AvgIpc) is 2.88. The van der Waals surface area contributed by atoms with Crippen molar-refractivity contribution in [3.8, 4) is 28.5 Å². The first-order valence-corrected chi connectivity index (χ1v) is 11.0. The van der Waals surface area contributed by atoms with E-state index in [2.05, 4.69) is 10.6 Å². The van der Waals surface area contributed by atoms with Crippen LogP contribution in [0, 0.1) is 0 Å². The third kappa shape index (κ3) is 4.21. The lowest BCUT2D eigenvalue weighted by molar-refractivity contribution is -0.122. The summed E-state index contributed by atoms with van der Waals surface area (Å²) in [5, 5.41) is 6.44. The van der Waals surface area contributed by atoms with Gasteiger partial charge in [0.25, 0.3) is 11.8 Å². The lowest BCUT2D eigenvalue weighted by Gasteiger charge is -2.23. The fraction of sp³-hybridized carbons (Fsp3) is 0.148. The first kappa shape index (κ1) is 22.2. The third-order valence-corrected chi connectivity index (χ3v) is 5.81. The van der Waals surface area contributed by atoms with Gasteiger partial charge in [0.15, 0.2) is 17.6 Å². The Hall–Kier alpha value is -4.59. The molecule has 8 nitrogen and oxygen atoms in total. The van der Waals surface area contributed by atoms with Crippen LogP contribution in [0.1, 0.15) is 17.3 Å². The van der Waals surface area contributed by atoms with E-state index in [9.17, 15) is 9.59 Å².